The van der Waals surface area contributed by atoms with Crippen LogP contribution < -0.4 is 5.73 Å². The monoisotopic (exact) mass is 269 g/mol. The predicted molar refractivity (Wildman–Crippen MR) is 60.6 cm³/mol. The minimum atomic E-state index is -1.25. The van der Waals surface area contributed by atoms with E-state index in [1.807, 2.05) is 0 Å². The van der Waals surface area contributed by atoms with Crippen LogP contribution in [0.25, 0.3) is 0 Å². The van der Waals surface area contributed by atoms with E-state index in [0.29, 0.717) is 18.2 Å². The molecule has 0 bridgehead atoms. The van der Waals surface area contributed by atoms with Gasteiger partial charge in [0.2, 0.25) is 0 Å². The zero-order valence-corrected chi connectivity index (χ0v) is 9.38. The molecule has 0 saturated heterocycles. The maximum Gasteiger partial charge on any atom is 0.195 e. The SMILES string of the molecule is Nc1cc(F)c(F)cc1C(=O)c1ccc(F)c(F)c1. The van der Waals surface area contributed by atoms with Crippen LogP contribution in [-0.2, 0) is 0 Å². The second kappa shape index (κ2) is 4.72. The van der Waals surface area contributed by atoms with Crippen LogP contribution in [-0.4, -0.2) is 5.78 Å². The van der Waals surface area contributed by atoms with Crippen molar-refractivity contribution in [3.05, 3.63) is 64.7 Å². The summed E-state index contributed by atoms with van der Waals surface area (Å²) in [5.74, 6) is -5.60. The van der Waals surface area contributed by atoms with Crippen LogP contribution in [0.3, 0.4) is 0 Å². The van der Waals surface area contributed by atoms with Gasteiger partial charge in [0.25, 0.3) is 0 Å². The number of rotatable bonds is 2. The van der Waals surface area contributed by atoms with Crippen LogP contribution in [0, 0.1) is 23.3 Å². The quantitative estimate of drug-likeness (QED) is 0.517. The lowest BCUT2D eigenvalue weighted by Crippen LogP contribution is -2.08. The summed E-state index contributed by atoms with van der Waals surface area (Å²) in [4.78, 5) is 11.9. The Morgan fingerprint density at radius 1 is 0.842 bits per heavy atom. The Morgan fingerprint density at radius 3 is 2.05 bits per heavy atom. The van der Waals surface area contributed by atoms with Gasteiger partial charge in [0.1, 0.15) is 0 Å². The fourth-order valence-corrected chi connectivity index (χ4v) is 1.55. The number of benzene rings is 2. The molecule has 0 spiro atoms. The Kier molecular flexibility index (Phi) is 3.25. The molecule has 0 saturated carbocycles. The van der Waals surface area contributed by atoms with E-state index >= 15 is 0 Å². The highest BCUT2D eigenvalue weighted by molar-refractivity contribution is 6.12. The number of nitrogen functional groups attached to an aromatic ring is 1. The van der Waals surface area contributed by atoms with Crippen LogP contribution in [0.1, 0.15) is 15.9 Å². The van der Waals surface area contributed by atoms with Gasteiger partial charge in [0.05, 0.1) is 0 Å². The van der Waals surface area contributed by atoms with Crippen molar-refractivity contribution in [1.29, 1.82) is 0 Å². The molecule has 2 nitrogen and oxygen atoms in total. The summed E-state index contributed by atoms with van der Waals surface area (Å²) in [7, 11) is 0. The van der Waals surface area contributed by atoms with Crippen molar-refractivity contribution in [3.63, 3.8) is 0 Å². The standard InChI is InChI=1S/C13H7F4NO/c14-8-2-1-6(3-9(8)15)13(19)7-4-10(16)11(17)5-12(7)18/h1-5H,18H2. The minimum absolute atomic E-state index is 0.211. The molecule has 0 heterocycles. The zero-order chi connectivity index (χ0) is 14.2. The summed E-state index contributed by atoms with van der Waals surface area (Å²) in [5.41, 5.74) is 4.59. The molecule has 6 heteroatoms. The maximum absolute atomic E-state index is 13.1. The summed E-state index contributed by atoms with van der Waals surface area (Å²) >= 11 is 0. The van der Waals surface area contributed by atoms with Crippen molar-refractivity contribution in [2.75, 3.05) is 5.73 Å². The molecule has 2 rings (SSSR count). The molecular weight excluding hydrogens is 262 g/mol. The fourth-order valence-electron chi connectivity index (χ4n) is 1.55. The third-order valence-electron chi connectivity index (χ3n) is 2.52. The number of carbonyl (C=O) groups is 1. The van der Waals surface area contributed by atoms with E-state index in [-0.39, 0.29) is 16.8 Å². The molecule has 0 fully saturated rings. The highest BCUT2D eigenvalue weighted by Crippen LogP contribution is 2.21. The summed E-state index contributed by atoms with van der Waals surface area (Å²) in [6.07, 6.45) is 0. The van der Waals surface area contributed by atoms with Crippen molar-refractivity contribution >= 4 is 11.5 Å². The molecule has 0 aliphatic carbocycles. The van der Waals surface area contributed by atoms with Crippen LogP contribution in [0.2, 0.25) is 0 Å². The number of nitrogens with two attached hydrogens (primary N) is 1. The predicted octanol–water partition coefficient (Wildman–Crippen LogP) is 3.06. The molecule has 98 valence electrons. The molecular formula is C13H7F4NO. The topological polar surface area (TPSA) is 43.1 Å². The number of ketones is 1. The van der Waals surface area contributed by atoms with Gasteiger partial charge in [-0.05, 0) is 24.3 Å². The number of hydrogen-bond donors (Lipinski definition) is 1. The maximum atomic E-state index is 13.1. The average molecular weight is 269 g/mol. The first-order valence-electron chi connectivity index (χ1n) is 5.14. The lowest BCUT2D eigenvalue weighted by molar-refractivity contribution is 0.103. The van der Waals surface area contributed by atoms with Gasteiger partial charge in [-0.2, -0.15) is 0 Å². The van der Waals surface area contributed by atoms with Crippen LogP contribution >= 0.6 is 0 Å². The molecule has 0 aromatic heterocycles. The van der Waals surface area contributed by atoms with Crippen molar-refractivity contribution in [2.24, 2.45) is 0 Å². The first-order chi connectivity index (χ1) is 8.90. The summed E-state index contributed by atoms with van der Waals surface area (Å²) < 4.78 is 51.7. The van der Waals surface area contributed by atoms with Crippen molar-refractivity contribution in [3.8, 4) is 0 Å². The number of halogens is 4. The third kappa shape index (κ3) is 2.42. The fraction of sp³-hybridized carbons (Fsp3) is 0. The van der Waals surface area contributed by atoms with Crippen LogP contribution in [0.4, 0.5) is 23.2 Å². The Hall–Kier alpha value is -2.37. The van der Waals surface area contributed by atoms with Gasteiger partial charge in [0.15, 0.2) is 29.1 Å². The second-order valence-corrected chi connectivity index (χ2v) is 3.81. The van der Waals surface area contributed by atoms with E-state index < -0.39 is 29.1 Å². The molecule has 0 atom stereocenters. The molecule has 0 radical (unpaired) electrons. The molecule has 0 aliphatic rings. The lowest BCUT2D eigenvalue weighted by Gasteiger charge is -2.06. The molecule has 0 aliphatic heterocycles. The van der Waals surface area contributed by atoms with Crippen molar-refractivity contribution < 1.29 is 22.4 Å². The first-order valence-corrected chi connectivity index (χ1v) is 5.14. The zero-order valence-electron chi connectivity index (χ0n) is 9.38. The van der Waals surface area contributed by atoms with E-state index in [4.69, 9.17) is 5.73 Å². The second-order valence-electron chi connectivity index (χ2n) is 3.81. The highest BCUT2D eigenvalue weighted by Gasteiger charge is 2.17. The Bertz CT molecular complexity index is 670. The van der Waals surface area contributed by atoms with Gasteiger partial charge in [-0.3, -0.25) is 4.79 Å². The molecule has 19 heavy (non-hydrogen) atoms. The Balaban J connectivity index is 2.49. The average Bonchev–Trinajstić information content (AvgIpc) is 2.36. The van der Waals surface area contributed by atoms with Gasteiger partial charge in [-0.25, -0.2) is 17.6 Å². The minimum Gasteiger partial charge on any atom is -0.398 e. The smallest absolute Gasteiger partial charge is 0.195 e. The van der Waals surface area contributed by atoms with E-state index in [1.165, 1.54) is 0 Å². The van der Waals surface area contributed by atoms with E-state index in [1.54, 1.807) is 0 Å². The summed E-state index contributed by atoms with van der Waals surface area (Å²) in [5, 5.41) is 0. The van der Waals surface area contributed by atoms with E-state index in [9.17, 15) is 22.4 Å². The number of hydrogen-bond acceptors (Lipinski definition) is 2. The van der Waals surface area contributed by atoms with Gasteiger partial charge in [-0.15, -0.1) is 0 Å². The van der Waals surface area contributed by atoms with E-state index in [2.05, 4.69) is 0 Å². The molecule has 0 unspecified atom stereocenters. The highest BCUT2D eigenvalue weighted by atomic mass is 19.2. The lowest BCUT2D eigenvalue weighted by atomic mass is 10.0. The number of anilines is 1. The van der Waals surface area contributed by atoms with Crippen molar-refractivity contribution in [2.45, 2.75) is 0 Å². The summed E-state index contributed by atoms with van der Waals surface area (Å²) in [6.45, 7) is 0. The molecule has 0 amide bonds. The summed E-state index contributed by atoms with van der Waals surface area (Å²) in [6, 6.07) is 3.73. The van der Waals surface area contributed by atoms with Gasteiger partial charge in [-0.1, -0.05) is 0 Å². The molecule has 2 aromatic rings. The largest absolute Gasteiger partial charge is 0.398 e. The third-order valence-corrected chi connectivity index (χ3v) is 2.52. The van der Waals surface area contributed by atoms with Gasteiger partial charge in [0, 0.05) is 22.9 Å². The van der Waals surface area contributed by atoms with Gasteiger partial charge >= 0.3 is 0 Å². The molecule has 2 aromatic carbocycles. The Labute approximate surface area is 105 Å². The Morgan fingerprint density at radius 2 is 1.42 bits per heavy atom. The van der Waals surface area contributed by atoms with Crippen molar-refractivity contribution in [1.82, 2.24) is 0 Å². The van der Waals surface area contributed by atoms with Crippen LogP contribution in [0.5, 0.6) is 0 Å². The van der Waals surface area contributed by atoms with Gasteiger partial charge < -0.3 is 5.73 Å². The first kappa shape index (κ1) is 13.1. The van der Waals surface area contributed by atoms with E-state index in [0.717, 1.165) is 12.1 Å². The normalized spacial score (nSPS) is 10.5. The van der Waals surface area contributed by atoms with Crippen LogP contribution in [0.15, 0.2) is 30.3 Å². The molecule has 2 N–H and O–H groups in total. The number of carbonyl (C=O) groups excluding carboxylic acids is 1.